The first-order chi connectivity index (χ1) is 8.22. The quantitative estimate of drug-likeness (QED) is 0.448. The van der Waals surface area contributed by atoms with E-state index in [1.807, 2.05) is 6.07 Å². The minimum absolute atomic E-state index is 0.210. The van der Waals surface area contributed by atoms with Gasteiger partial charge in [0.05, 0.1) is 6.20 Å². The molecule has 0 saturated heterocycles. The predicted octanol–water partition coefficient (Wildman–Crippen LogP) is 2.39. The Kier molecular flexibility index (Phi) is 2.89. The Morgan fingerprint density at radius 2 is 2.18 bits per heavy atom. The molecule has 1 aromatic carbocycles. The van der Waals surface area contributed by atoms with Gasteiger partial charge in [0.2, 0.25) is 0 Å². The second-order valence-corrected chi connectivity index (χ2v) is 3.41. The van der Waals surface area contributed by atoms with Crippen molar-refractivity contribution in [1.29, 1.82) is 0 Å². The van der Waals surface area contributed by atoms with Gasteiger partial charge in [-0.2, -0.15) is 5.10 Å². The van der Waals surface area contributed by atoms with Crippen LogP contribution in [0.4, 0.5) is 5.69 Å². The highest BCUT2D eigenvalue weighted by Gasteiger charge is 2.04. The monoisotopic (exact) mass is 227 g/mol. The molecule has 17 heavy (non-hydrogen) atoms. The molecule has 0 amide bonds. The summed E-state index contributed by atoms with van der Waals surface area (Å²) in [4.78, 5) is 14.2. The van der Waals surface area contributed by atoms with E-state index in [4.69, 9.17) is 5.53 Å². The third kappa shape index (κ3) is 2.16. The Morgan fingerprint density at radius 3 is 2.88 bits per heavy atom. The van der Waals surface area contributed by atoms with E-state index in [2.05, 4.69) is 15.1 Å². The first kappa shape index (κ1) is 10.9. The van der Waals surface area contributed by atoms with E-state index in [0.29, 0.717) is 16.8 Å². The van der Waals surface area contributed by atoms with Crippen LogP contribution in [-0.4, -0.2) is 9.78 Å². The zero-order valence-corrected chi connectivity index (χ0v) is 9.11. The van der Waals surface area contributed by atoms with Gasteiger partial charge in [-0.3, -0.25) is 4.79 Å². The molecule has 1 heterocycles. The van der Waals surface area contributed by atoms with Crippen molar-refractivity contribution < 1.29 is 0 Å². The van der Waals surface area contributed by atoms with Gasteiger partial charge < -0.3 is 0 Å². The Hall–Kier alpha value is -2.59. The Morgan fingerprint density at radius 1 is 1.41 bits per heavy atom. The third-order valence-corrected chi connectivity index (χ3v) is 2.34. The molecule has 0 saturated carbocycles. The van der Waals surface area contributed by atoms with Gasteiger partial charge in [0.15, 0.2) is 0 Å². The van der Waals surface area contributed by atoms with E-state index >= 15 is 0 Å². The molecule has 0 N–H and O–H groups in total. The molecule has 6 heteroatoms. The van der Waals surface area contributed by atoms with E-state index in [1.54, 1.807) is 31.4 Å². The highest BCUT2D eigenvalue weighted by Crippen LogP contribution is 2.28. The number of azide groups is 1. The van der Waals surface area contributed by atoms with Crippen LogP contribution in [0, 0.1) is 0 Å². The van der Waals surface area contributed by atoms with Gasteiger partial charge in [0, 0.05) is 29.3 Å². The first-order valence-corrected chi connectivity index (χ1v) is 4.90. The second-order valence-electron chi connectivity index (χ2n) is 3.41. The largest absolute Gasteiger partial charge is 0.268 e. The van der Waals surface area contributed by atoms with Crippen molar-refractivity contribution >= 4 is 5.69 Å². The number of rotatable bonds is 2. The van der Waals surface area contributed by atoms with Crippen molar-refractivity contribution in [2.24, 2.45) is 12.2 Å². The summed E-state index contributed by atoms with van der Waals surface area (Å²) in [6.07, 6.45) is 1.56. The zero-order valence-electron chi connectivity index (χ0n) is 9.11. The molecular weight excluding hydrogens is 218 g/mol. The minimum Gasteiger partial charge on any atom is -0.268 e. The standard InChI is InChI=1S/C11H9N5O/c1-16-11(17)6-8(7-13-16)9-4-2-3-5-10(9)14-15-12/h2-7H,1H3. The van der Waals surface area contributed by atoms with E-state index < -0.39 is 0 Å². The number of hydrogen-bond acceptors (Lipinski definition) is 3. The van der Waals surface area contributed by atoms with Crippen molar-refractivity contribution in [3.8, 4) is 11.1 Å². The molecule has 0 spiro atoms. The van der Waals surface area contributed by atoms with Crippen LogP contribution >= 0.6 is 0 Å². The predicted molar refractivity (Wildman–Crippen MR) is 63.7 cm³/mol. The van der Waals surface area contributed by atoms with E-state index in [9.17, 15) is 4.79 Å². The molecule has 0 fully saturated rings. The topological polar surface area (TPSA) is 83.7 Å². The fraction of sp³-hybridized carbons (Fsp3) is 0.0909. The Labute approximate surface area is 96.8 Å². The van der Waals surface area contributed by atoms with Crippen molar-refractivity contribution in [2.75, 3.05) is 0 Å². The molecule has 0 aliphatic carbocycles. The third-order valence-electron chi connectivity index (χ3n) is 2.34. The van der Waals surface area contributed by atoms with E-state index in [0.717, 1.165) is 0 Å². The Balaban J connectivity index is 2.64. The molecule has 2 rings (SSSR count). The summed E-state index contributed by atoms with van der Waals surface area (Å²) in [6, 6.07) is 8.50. The van der Waals surface area contributed by atoms with Gasteiger partial charge in [-0.25, -0.2) is 4.68 Å². The van der Waals surface area contributed by atoms with Crippen LogP contribution in [0.1, 0.15) is 0 Å². The average molecular weight is 227 g/mol. The zero-order chi connectivity index (χ0) is 12.3. The molecule has 0 bridgehead atoms. The molecule has 1 aromatic heterocycles. The number of aryl methyl sites for hydroxylation is 1. The number of benzene rings is 1. The maximum absolute atomic E-state index is 11.5. The maximum Gasteiger partial charge on any atom is 0.267 e. The lowest BCUT2D eigenvalue weighted by Crippen LogP contribution is -2.17. The number of aromatic nitrogens is 2. The van der Waals surface area contributed by atoms with Gasteiger partial charge in [0.25, 0.3) is 5.56 Å². The van der Waals surface area contributed by atoms with E-state index in [1.165, 1.54) is 10.7 Å². The molecule has 0 aliphatic rings. The lowest BCUT2D eigenvalue weighted by Gasteiger charge is -2.04. The summed E-state index contributed by atoms with van der Waals surface area (Å²) in [5.41, 5.74) is 10.1. The number of hydrogen-bond donors (Lipinski definition) is 0. The van der Waals surface area contributed by atoms with Gasteiger partial charge in [0.1, 0.15) is 0 Å². The first-order valence-electron chi connectivity index (χ1n) is 4.90. The maximum atomic E-state index is 11.5. The summed E-state index contributed by atoms with van der Waals surface area (Å²) >= 11 is 0. The Bertz CT molecular complexity index is 655. The minimum atomic E-state index is -0.210. The van der Waals surface area contributed by atoms with Crippen LogP contribution in [0.5, 0.6) is 0 Å². The lowest BCUT2D eigenvalue weighted by molar-refractivity contribution is 0.708. The van der Waals surface area contributed by atoms with Crippen LogP contribution in [0.15, 0.2) is 46.4 Å². The van der Waals surface area contributed by atoms with Gasteiger partial charge in [-0.05, 0) is 11.1 Å². The summed E-state index contributed by atoms with van der Waals surface area (Å²) < 4.78 is 1.24. The van der Waals surface area contributed by atoms with Crippen LogP contribution < -0.4 is 5.56 Å². The fourth-order valence-electron chi connectivity index (χ4n) is 1.47. The lowest BCUT2D eigenvalue weighted by atomic mass is 10.1. The molecule has 0 aliphatic heterocycles. The van der Waals surface area contributed by atoms with Crippen molar-refractivity contribution in [3.63, 3.8) is 0 Å². The van der Waals surface area contributed by atoms with Gasteiger partial charge >= 0.3 is 0 Å². The highest BCUT2D eigenvalue weighted by molar-refractivity contribution is 5.74. The van der Waals surface area contributed by atoms with Gasteiger partial charge in [-0.1, -0.05) is 29.4 Å². The normalized spacial score (nSPS) is 9.71. The van der Waals surface area contributed by atoms with Crippen molar-refractivity contribution in [2.45, 2.75) is 0 Å². The van der Waals surface area contributed by atoms with Crippen LogP contribution in [0.2, 0.25) is 0 Å². The summed E-state index contributed by atoms with van der Waals surface area (Å²) in [6.45, 7) is 0. The van der Waals surface area contributed by atoms with E-state index in [-0.39, 0.29) is 5.56 Å². The van der Waals surface area contributed by atoms with Crippen molar-refractivity contribution in [3.05, 3.63) is 57.3 Å². The highest BCUT2D eigenvalue weighted by atomic mass is 16.1. The molecular formula is C11H9N5O. The molecule has 0 radical (unpaired) electrons. The van der Waals surface area contributed by atoms with Crippen molar-refractivity contribution in [1.82, 2.24) is 9.78 Å². The summed E-state index contributed by atoms with van der Waals surface area (Å²) in [5.74, 6) is 0. The molecule has 6 nitrogen and oxygen atoms in total. The molecule has 2 aromatic rings. The second kappa shape index (κ2) is 4.51. The molecule has 0 unspecified atom stereocenters. The fourth-order valence-corrected chi connectivity index (χ4v) is 1.47. The average Bonchev–Trinajstić information content (AvgIpc) is 2.34. The van der Waals surface area contributed by atoms with Gasteiger partial charge in [-0.15, -0.1) is 0 Å². The van der Waals surface area contributed by atoms with Crippen LogP contribution in [-0.2, 0) is 7.05 Å². The smallest absolute Gasteiger partial charge is 0.267 e. The summed E-state index contributed by atoms with van der Waals surface area (Å²) in [5, 5.41) is 7.50. The van der Waals surface area contributed by atoms with Crippen LogP contribution in [0.25, 0.3) is 21.6 Å². The number of nitrogens with zero attached hydrogens (tertiary/aromatic N) is 5. The van der Waals surface area contributed by atoms with Crippen LogP contribution in [0.3, 0.4) is 0 Å². The SMILES string of the molecule is Cn1ncc(-c2ccccc2N=[N+]=[N-])cc1=O. The summed E-state index contributed by atoms with van der Waals surface area (Å²) in [7, 11) is 1.57. The molecule has 0 atom stereocenters. The molecule has 84 valence electrons.